The Balaban J connectivity index is 2.07. The summed E-state index contributed by atoms with van der Waals surface area (Å²) in [5.74, 6) is 0.722. The highest BCUT2D eigenvalue weighted by Gasteiger charge is 2.25. The molecule has 8 heteroatoms. The number of hydrogen-bond donors (Lipinski definition) is 1. The summed E-state index contributed by atoms with van der Waals surface area (Å²) in [5, 5.41) is 3.65. The molecule has 0 atom stereocenters. The summed E-state index contributed by atoms with van der Waals surface area (Å²) in [4.78, 5) is 6.41. The lowest BCUT2D eigenvalue weighted by atomic mass is 10.2. The predicted molar refractivity (Wildman–Crippen MR) is 80.6 cm³/mol. The number of pyridine rings is 1. The van der Waals surface area contributed by atoms with Gasteiger partial charge in [0.25, 0.3) is 0 Å². The van der Waals surface area contributed by atoms with Gasteiger partial charge in [-0.15, -0.1) is 0 Å². The zero-order valence-corrected chi connectivity index (χ0v) is 13.2. The molecule has 1 aliphatic heterocycles. The number of aromatic nitrogens is 1. The van der Waals surface area contributed by atoms with Crippen molar-refractivity contribution in [3.8, 4) is 0 Å². The van der Waals surface area contributed by atoms with E-state index in [9.17, 15) is 8.42 Å². The van der Waals surface area contributed by atoms with Crippen LogP contribution in [0.2, 0.25) is 5.02 Å². The Kier molecular flexibility index (Phi) is 4.85. The Morgan fingerprint density at radius 3 is 2.50 bits per heavy atom. The molecule has 1 fully saturated rings. The lowest BCUT2D eigenvalue weighted by molar-refractivity contribution is 0.387. The minimum Gasteiger partial charge on any atom is -0.353 e. The molecule has 0 amide bonds. The summed E-state index contributed by atoms with van der Waals surface area (Å²) in [6.45, 7) is 2.86. The van der Waals surface area contributed by atoms with Gasteiger partial charge in [0.1, 0.15) is 5.82 Å². The number of halogens is 1. The third-order valence-electron chi connectivity index (χ3n) is 3.27. The summed E-state index contributed by atoms with van der Waals surface area (Å²) in [5.41, 5.74) is 1.02. The monoisotopic (exact) mass is 318 g/mol. The van der Waals surface area contributed by atoms with Gasteiger partial charge in [0, 0.05) is 38.9 Å². The van der Waals surface area contributed by atoms with E-state index in [-0.39, 0.29) is 0 Å². The molecule has 1 aromatic rings. The number of anilines is 1. The molecule has 1 aliphatic rings. The number of rotatable bonds is 4. The Morgan fingerprint density at radius 2 is 2.00 bits per heavy atom. The molecule has 2 rings (SSSR count). The van der Waals surface area contributed by atoms with Crippen LogP contribution >= 0.6 is 11.6 Å². The van der Waals surface area contributed by atoms with Crippen LogP contribution in [0.3, 0.4) is 0 Å². The van der Waals surface area contributed by atoms with Crippen LogP contribution in [0.25, 0.3) is 0 Å². The molecule has 1 aromatic heterocycles. The Morgan fingerprint density at radius 1 is 1.35 bits per heavy atom. The number of nitrogens with zero attached hydrogens (tertiary/aromatic N) is 3. The summed E-state index contributed by atoms with van der Waals surface area (Å²) in [7, 11) is -1.24. The molecule has 0 unspecified atom stereocenters. The molecule has 0 spiro atoms. The third-order valence-corrected chi connectivity index (χ3v) is 4.85. The zero-order valence-electron chi connectivity index (χ0n) is 11.6. The van der Waals surface area contributed by atoms with Crippen molar-refractivity contribution in [2.45, 2.75) is 6.54 Å². The van der Waals surface area contributed by atoms with E-state index >= 15 is 0 Å². The molecule has 6 nitrogen and oxygen atoms in total. The molecular weight excluding hydrogens is 300 g/mol. The van der Waals surface area contributed by atoms with Crippen molar-refractivity contribution in [1.29, 1.82) is 0 Å². The normalized spacial score (nSPS) is 17.4. The van der Waals surface area contributed by atoms with Crippen molar-refractivity contribution in [3.05, 3.63) is 22.8 Å². The van der Waals surface area contributed by atoms with E-state index in [1.165, 1.54) is 10.6 Å². The molecule has 1 saturated heterocycles. The first-order chi connectivity index (χ1) is 9.41. The van der Waals surface area contributed by atoms with E-state index in [4.69, 9.17) is 11.6 Å². The van der Waals surface area contributed by atoms with Crippen molar-refractivity contribution in [2.24, 2.45) is 0 Å². The molecule has 1 N–H and O–H groups in total. The molecule has 112 valence electrons. The Labute approximate surface area is 124 Å². The Hall–Kier alpha value is -0.890. The van der Waals surface area contributed by atoms with Gasteiger partial charge < -0.3 is 10.2 Å². The maximum absolute atomic E-state index is 11.5. The van der Waals surface area contributed by atoms with Gasteiger partial charge in [0.15, 0.2) is 0 Å². The van der Waals surface area contributed by atoms with E-state index in [1.54, 1.807) is 6.20 Å². The fourth-order valence-electron chi connectivity index (χ4n) is 2.24. The highest BCUT2D eigenvalue weighted by molar-refractivity contribution is 7.88. The van der Waals surface area contributed by atoms with Crippen LogP contribution in [0.4, 0.5) is 5.82 Å². The number of nitrogens with one attached hydrogen (secondary N) is 1. The van der Waals surface area contributed by atoms with Crippen molar-refractivity contribution in [3.63, 3.8) is 0 Å². The largest absolute Gasteiger partial charge is 0.353 e. The second-order valence-electron chi connectivity index (χ2n) is 4.83. The molecule has 20 heavy (non-hydrogen) atoms. The summed E-state index contributed by atoms with van der Waals surface area (Å²) in [6.07, 6.45) is 3.03. The van der Waals surface area contributed by atoms with Gasteiger partial charge in [-0.25, -0.2) is 13.4 Å². The van der Waals surface area contributed by atoms with E-state index in [2.05, 4.69) is 10.3 Å². The molecule has 0 radical (unpaired) electrons. The minimum atomic E-state index is -3.11. The molecule has 0 aromatic carbocycles. The van der Waals surface area contributed by atoms with Gasteiger partial charge in [-0.3, -0.25) is 0 Å². The van der Waals surface area contributed by atoms with Gasteiger partial charge in [0.2, 0.25) is 10.0 Å². The van der Waals surface area contributed by atoms with Crippen LogP contribution in [0.1, 0.15) is 5.56 Å². The fraction of sp³-hybridized carbons (Fsp3) is 0.583. The summed E-state index contributed by atoms with van der Waals surface area (Å²) in [6, 6.07) is 1.89. The average Bonchev–Trinajstić information content (AvgIpc) is 2.38. The maximum atomic E-state index is 11.5. The van der Waals surface area contributed by atoms with Crippen molar-refractivity contribution in [1.82, 2.24) is 14.6 Å². The molecule has 0 bridgehead atoms. The highest BCUT2D eigenvalue weighted by Crippen LogP contribution is 2.25. The fourth-order valence-corrected chi connectivity index (χ4v) is 3.37. The standard InChI is InChI=1S/C12H19ClN4O2S/c1-14-8-10-7-11(13)12(15-9-10)16-3-5-17(6-4-16)20(2,18)19/h7,9,14H,3-6,8H2,1-2H3. The van der Waals surface area contributed by atoms with E-state index in [0.717, 1.165) is 17.9 Å². The zero-order chi connectivity index (χ0) is 14.8. The molecule has 2 heterocycles. The summed E-state index contributed by atoms with van der Waals surface area (Å²) < 4.78 is 24.4. The van der Waals surface area contributed by atoms with Gasteiger partial charge in [0.05, 0.1) is 11.3 Å². The molecule has 0 aliphatic carbocycles. The van der Waals surface area contributed by atoms with Crippen LogP contribution in [0.15, 0.2) is 12.3 Å². The van der Waals surface area contributed by atoms with Crippen molar-refractivity contribution >= 4 is 27.4 Å². The van der Waals surface area contributed by atoms with Crippen LogP contribution in [0, 0.1) is 0 Å². The topological polar surface area (TPSA) is 65.5 Å². The van der Waals surface area contributed by atoms with Crippen LogP contribution < -0.4 is 10.2 Å². The average molecular weight is 319 g/mol. The Bertz CT molecular complexity index is 571. The predicted octanol–water partition coefficient (Wildman–Crippen LogP) is 0.536. The van der Waals surface area contributed by atoms with Crippen molar-refractivity contribution in [2.75, 3.05) is 44.4 Å². The number of hydrogen-bond acceptors (Lipinski definition) is 5. The second kappa shape index (κ2) is 6.26. The van der Waals surface area contributed by atoms with Crippen LogP contribution in [0.5, 0.6) is 0 Å². The van der Waals surface area contributed by atoms with E-state index in [1.807, 2.05) is 18.0 Å². The second-order valence-corrected chi connectivity index (χ2v) is 7.22. The van der Waals surface area contributed by atoms with E-state index in [0.29, 0.717) is 31.2 Å². The van der Waals surface area contributed by atoms with E-state index < -0.39 is 10.0 Å². The van der Waals surface area contributed by atoms with Gasteiger partial charge in [-0.2, -0.15) is 4.31 Å². The minimum absolute atomic E-state index is 0.467. The first-order valence-electron chi connectivity index (χ1n) is 6.41. The quantitative estimate of drug-likeness (QED) is 0.877. The first-order valence-corrected chi connectivity index (χ1v) is 8.63. The molecule has 0 saturated carbocycles. The highest BCUT2D eigenvalue weighted by atomic mass is 35.5. The smallest absolute Gasteiger partial charge is 0.211 e. The SMILES string of the molecule is CNCc1cnc(N2CCN(S(C)(=O)=O)CC2)c(Cl)c1. The number of piperazine rings is 1. The number of sulfonamides is 1. The lowest BCUT2D eigenvalue weighted by Crippen LogP contribution is -2.48. The third kappa shape index (κ3) is 3.60. The van der Waals surface area contributed by atoms with Gasteiger partial charge in [-0.1, -0.05) is 11.6 Å². The van der Waals surface area contributed by atoms with Crippen molar-refractivity contribution < 1.29 is 8.42 Å². The lowest BCUT2D eigenvalue weighted by Gasteiger charge is -2.34. The first kappa shape index (κ1) is 15.5. The van der Waals surface area contributed by atoms with Crippen LogP contribution in [-0.2, 0) is 16.6 Å². The van der Waals surface area contributed by atoms with Gasteiger partial charge in [-0.05, 0) is 18.7 Å². The molecular formula is C12H19ClN4O2S. The maximum Gasteiger partial charge on any atom is 0.211 e. The van der Waals surface area contributed by atoms with Gasteiger partial charge >= 0.3 is 0 Å². The van der Waals surface area contributed by atoms with Crippen LogP contribution in [-0.4, -0.2) is 57.2 Å². The summed E-state index contributed by atoms with van der Waals surface area (Å²) >= 11 is 6.26.